The largest absolute Gasteiger partial charge is 0.381 e. The molecule has 1 N–H and O–H groups in total. The summed E-state index contributed by atoms with van der Waals surface area (Å²) in [5.41, 5.74) is -0.343. The standard InChI is InChI=1S/C18H26F2N4O3/c19-18(20)9-14(10-21)24(13-18)15(25)11-22-17(12-23-26)3-1-16(2-4-17)5-7-27-8-6-16/h14,22H,1-9,11-13H2. The summed E-state index contributed by atoms with van der Waals surface area (Å²) in [6.07, 6.45) is 4.66. The molecule has 1 amide bonds. The Bertz CT molecular complexity index is 606. The fourth-order valence-corrected chi connectivity index (χ4v) is 4.64. The summed E-state index contributed by atoms with van der Waals surface area (Å²) in [7, 11) is 0. The Morgan fingerprint density at radius 2 is 1.89 bits per heavy atom. The Morgan fingerprint density at radius 1 is 1.22 bits per heavy atom. The van der Waals surface area contributed by atoms with E-state index in [2.05, 4.69) is 10.5 Å². The third-order valence-corrected chi connectivity index (χ3v) is 6.54. The molecule has 1 atom stereocenters. The van der Waals surface area contributed by atoms with Gasteiger partial charge in [-0.25, -0.2) is 8.78 Å². The lowest BCUT2D eigenvalue weighted by molar-refractivity contribution is -0.132. The highest BCUT2D eigenvalue weighted by molar-refractivity contribution is 5.79. The third-order valence-electron chi connectivity index (χ3n) is 6.54. The maximum Gasteiger partial charge on any atom is 0.268 e. The summed E-state index contributed by atoms with van der Waals surface area (Å²) < 4.78 is 32.6. The maximum absolute atomic E-state index is 13.6. The van der Waals surface area contributed by atoms with E-state index in [0.29, 0.717) is 12.8 Å². The summed E-state index contributed by atoms with van der Waals surface area (Å²) in [5, 5.41) is 15.2. The highest BCUT2D eigenvalue weighted by Crippen LogP contribution is 2.47. The van der Waals surface area contributed by atoms with Crippen LogP contribution in [0.4, 0.5) is 8.78 Å². The van der Waals surface area contributed by atoms with Crippen LogP contribution in [0.1, 0.15) is 44.9 Å². The fraction of sp³-hybridized carbons (Fsp3) is 0.889. The Labute approximate surface area is 157 Å². The number of amides is 1. The van der Waals surface area contributed by atoms with E-state index in [1.165, 1.54) is 0 Å². The number of nitroso groups, excluding NO2 is 1. The molecule has 1 saturated carbocycles. The van der Waals surface area contributed by atoms with Crippen LogP contribution in [0.25, 0.3) is 0 Å². The van der Waals surface area contributed by atoms with Crippen molar-refractivity contribution in [2.75, 3.05) is 32.8 Å². The van der Waals surface area contributed by atoms with E-state index in [1.807, 2.05) is 0 Å². The number of nitrogens with one attached hydrogen (secondary N) is 1. The van der Waals surface area contributed by atoms with Crippen molar-refractivity contribution in [2.24, 2.45) is 10.6 Å². The molecule has 2 heterocycles. The lowest BCUT2D eigenvalue weighted by Crippen LogP contribution is -2.56. The molecule has 2 saturated heterocycles. The van der Waals surface area contributed by atoms with E-state index < -0.39 is 36.4 Å². The molecule has 3 aliphatic rings. The zero-order chi connectivity index (χ0) is 19.5. The highest BCUT2D eigenvalue weighted by Gasteiger charge is 2.48. The molecule has 0 aromatic heterocycles. The van der Waals surface area contributed by atoms with Crippen LogP contribution < -0.4 is 5.32 Å². The number of ether oxygens (including phenoxy) is 1. The maximum atomic E-state index is 13.6. The number of carbonyl (C=O) groups excluding carboxylic acids is 1. The Kier molecular flexibility index (Phi) is 5.77. The molecule has 1 spiro atoms. The molecular weight excluding hydrogens is 358 g/mol. The van der Waals surface area contributed by atoms with Gasteiger partial charge in [0.25, 0.3) is 5.92 Å². The molecule has 0 bridgehead atoms. The summed E-state index contributed by atoms with van der Waals surface area (Å²) in [6, 6.07) is 0.674. The summed E-state index contributed by atoms with van der Waals surface area (Å²) in [5.74, 6) is -3.56. The highest BCUT2D eigenvalue weighted by atomic mass is 19.3. The van der Waals surface area contributed by atoms with Gasteiger partial charge in [-0.3, -0.25) is 4.79 Å². The zero-order valence-corrected chi connectivity index (χ0v) is 15.4. The van der Waals surface area contributed by atoms with Gasteiger partial charge in [-0.1, -0.05) is 5.18 Å². The van der Waals surface area contributed by atoms with Crippen LogP contribution in [-0.2, 0) is 9.53 Å². The number of alkyl halides is 2. The number of carbonyl (C=O) groups is 1. The first kappa shape index (κ1) is 20.1. The first-order valence-corrected chi connectivity index (χ1v) is 9.52. The molecule has 9 heteroatoms. The van der Waals surface area contributed by atoms with Crippen LogP contribution in [0.3, 0.4) is 0 Å². The van der Waals surface area contributed by atoms with E-state index in [9.17, 15) is 18.5 Å². The molecule has 1 aliphatic carbocycles. The third kappa shape index (κ3) is 4.43. The van der Waals surface area contributed by atoms with Crippen LogP contribution >= 0.6 is 0 Å². The van der Waals surface area contributed by atoms with Crippen molar-refractivity contribution < 1.29 is 18.3 Å². The molecule has 7 nitrogen and oxygen atoms in total. The molecule has 3 rings (SSSR count). The predicted octanol–water partition coefficient (Wildman–Crippen LogP) is 2.21. The Hall–Kier alpha value is -1.66. The van der Waals surface area contributed by atoms with Crippen molar-refractivity contribution in [3.63, 3.8) is 0 Å². The molecule has 0 aromatic carbocycles. The fourth-order valence-electron chi connectivity index (χ4n) is 4.64. The zero-order valence-electron chi connectivity index (χ0n) is 15.4. The number of halogens is 2. The van der Waals surface area contributed by atoms with E-state index in [0.717, 1.165) is 43.8 Å². The molecule has 27 heavy (non-hydrogen) atoms. The van der Waals surface area contributed by atoms with Crippen molar-refractivity contribution in [1.82, 2.24) is 10.2 Å². The number of rotatable bonds is 5. The number of nitriles is 1. The van der Waals surface area contributed by atoms with Gasteiger partial charge in [-0.05, 0) is 43.9 Å². The minimum absolute atomic E-state index is 0.0463. The quantitative estimate of drug-likeness (QED) is 0.734. The lowest BCUT2D eigenvalue weighted by Gasteiger charge is -2.47. The Morgan fingerprint density at radius 3 is 2.48 bits per heavy atom. The van der Waals surface area contributed by atoms with Crippen molar-refractivity contribution in [1.29, 1.82) is 5.26 Å². The van der Waals surface area contributed by atoms with Gasteiger partial charge >= 0.3 is 0 Å². The van der Waals surface area contributed by atoms with Gasteiger partial charge < -0.3 is 15.0 Å². The van der Waals surface area contributed by atoms with Crippen LogP contribution in [-0.4, -0.2) is 61.2 Å². The molecule has 0 aromatic rings. The van der Waals surface area contributed by atoms with E-state index in [4.69, 9.17) is 10.00 Å². The topological polar surface area (TPSA) is 94.8 Å². The first-order valence-electron chi connectivity index (χ1n) is 9.52. The van der Waals surface area contributed by atoms with Gasteiger partial charge in [0.2, 0.25) is 5.91 Å². The summed E-state index contributed by atoms with van der Waals surface area (Å²) in [6.45, 7) is 0.658. The molecule has 0 radical (unpaired) electrons. The second kappa shape index (κ2) is 7.76. The molecule has 150 valence electrons. The van der Waals surface area contributed by atoms with Gasteiger partial charge in [0.15, 0.2) is 0 Å². The number of hydrogen-bond donors (Lipinski definition) is 1. The van der Waals surface area contributed by atoms with E-state index >= 15 is 0 Å². The average molecular weight is 384 g/mol. The lowest BCUT2D eigenvalue weighted by atomic mass is 9.64. The normalized spacial score (nSPS) is 28.6. The second-order valence-electron chi connectivity index (χ2n) is 8.26. The number of likely N-dealkylation sites (tertiary alicyclic amines) is 1. The van der Waals surface area contributed by atoms with Crippen molar-refractivity contribution in [2.45, 2.75) is 62.4 Å². The van der Waals surface area contributed by atoms with E-state index in [-0.39, 0.29) is 18.5 Å². The first-order chi connectivity index (χ1) is 12.8. The van der Waals surface area contributed by atoms with Gasteiger partial charge in [-0.2, -0.15) is 10.2 Å². The molecular formula is C18H26F2N4O3. The van der Waals surface area contributed by atoms with E-state index in [1.54, 1.807) is 6.07 Å². The summed E-state index contributed by atoms with van der Waals surface area (Å²) >= 11 is 0. The molecule has 2 aliphatic heterocycles. The Balaban J connectivity index is 1.59. The van der Waals surface area contributed by atoms with Crippen molar-refractivity contribution in [3.05, 3.63) is 4.91 Å². The smallest absolute Gasteiger partial charge is 0.268 e. The van der Waals surface area contributed by atoms with Crippen LogP contribution in [0.15, 0.2) is 5.18 Å². The average Bonchev–Trinajstić information content (AvgIpc) is 2.98. The monoisotopic (exact) mass is 384 g/mol. The van der Waals surface area contributed by atoms with Crippen molar-refractivity contribution in [3.8, 4) is 6.07 Å². The van der Waals surface area contributed by atoms with Crippen LogP contribution in [0.5, 0.6) is 0 Å². The minimum atomic E-state index is -3.03. The minimum Gasteiger partial charge on any atom is -0.381 e. The van der Waals surface area contributed by atoms with Gasteiger partial charge in [0.05, 0.1) is 25.7 Å². The van der Waals surface area contributed by atoms with Crippen LogP contribution in [0.2, 0.25) is 0 Å². The van der Waals surface area contributed by atoms with Gasteiger partial charge in [-0.15, -0.1) is 0 Å². The van der Waals surface area contributed by atoms with Crippen LogP contribution in [0, 0.1) is 21.7 Å². The predicted molar refractivity (Wildman–Crippen MR) is 93.0 cm³/mol. The summed E-state index contributed by atoms with van der Waals surface area (Å²) in [4.78, 5) is 24.4. The van der Waals surface area contributed by atoms with Crippen molar-refractivity contribution >= 4 is 5.91 Å². The SMILES string of the molecule is N#CC1CC(F)(F)CN1C(=O)CNC1(CN=O)CCC2(CCOCC2)CC1. The van der Waals surface area contributed by atoms with Gasteiger partial charge in [0.1, 0.15) is 6.04 Å². The second-order valence-corrected chi connectivity index (χ2v) is 8.26. The molecule has 1 unspecified atom stereocenters. The molecule has 3 fully saturated rings. The number of hydrogen-bond acceptors (Lipinski definition) is 6. The number of nitrogens with zero attached hydrogens (tertiary/aromatic N) is 3. The van der Waals surface area contributed by atoms with Gasteiger partial charge in [0, 0.05) is 25.2 Å².